The number of benzene rings is 2. The first-order valence-corrected chi connectivity index (χ1v) is 12.7. The van der Waals surface area contributed by atoms with E-state index in [4.69, 9.17) is 9.47 Å². The van der Waals surface area contributed by atoms with Crippen LogP contribution < -0.4 is 4.74 Å². The van der Waals surface area contributed by atoms with Crippen LogP contribution in [0.1, 0.15) is 41.3 Å². The molecule has 2 fully saturated rings. The van der Waals surface area contributed by atoms with Crippen LogP contribution in [0.5, 0.6) is 5.75 Å². The van der Waals surface area contributed by atoms with E-state index in [9.17, 15) is 9.59 Å². The second kappa shape index (κ2) is 12.1. The number of likely N-dealkylation sites (tertiary alicyclic amines) is 1. The lowest BCUT2D eigenvalue weighted by atomic mass is 9.98. The van der Waals surface area contributed by atoms with Crippen molar-refractivity contribution < 1.29 is 19.1 Å². The Kier molecular flexibility index (Phi) is 8.64. The molecule has 0 bridgehead atoms. The molecule has 1 unspecified atom stereocenters. The molecule has 35 heavy (non-hydrogen) atoms. The van der Waals surface area contributed by atoms with Crippen LogP contribution in [0.3, 0.4) is 0 Å². The largest absolute Gasteiger partial charge is 0.493 e. The maximum atomic E-state index is 12.9. The lowest BCUT2D eigenvalue weighted by Crippen LogP contribution is -2.48. The van der Waals surface area contributed by atoms with Crippen molar-refractivity contribution in [2.75, 3.05) is 52.5 Å². The van der Waals surface area contributed by atoms with Gasteiger partial charge >= 0.3 is 6.09 Å². The molecule has 4 rings (SSSR count). The normalized spacial score (nSPS) is 18.9. The van der Waals surface area contributed by atoms with Crippen LogP contribution in [0.2, 0.25) is 0 Å². The second-order valence-electron chi connectivity index (χ2n) is 9.54. The van der Waals surface area contributed by atoms with Crippen LogP contribution in [-0.4, -0.2) is 79.2 Å². The summed E-state index contributed by atoms with van der Waals surface area (Å²) in [7, 11) is 0. The quantitative estimate of drug-likeness (QED) is 0.596. The van der Waals surface area contributed by atoms with Crippen molar-refractivity contribution >= 4 is 12.0 Å². The van der Waals surface area contributed by atoms with Crippen molar-refractivity contribution in [1.29, 1.82) is 0 Å². The number of piperidine rings is 1. The Labute approximate surface area is 208 Å². The van der Waals surface area contributed by atoms with E-state index < -0.39 is 0 Å². The smallest absolute Gasteiger partial charge is 0.409 e. The van der Waals surface area contributed by atoms with E-state index in [0.717, 1.165) is 62.4 Å². The highest BCUT2D eigenvalue weighted by molar-refractivity contribution is 5.94. The van der Waals surface area contributed by atoms with E-state index in [2.05, 4.69) is 17.0 Å². The highest BCUT2D eigenvalue weighted by atomic mass is 16.6. The van der Waals surface area contributed by atoms with E-state index >= 15 is 0 Å². The summed E-state index contributed by atoms with van der Waals surface area (Å²) in [5, 5.41) is 0. The molecular formula is C28H37N3O4. The Morgan fingerprint density at radius 3 is 2.31 bits per heavy atom. The maximum Gasteiger partial charge on any atom is 0.409 e. The van der Waals surface area contributed by atoms with Gasteiger partial charge in [0.25, 0.3) is 5.91 Å². The van der Waals surface area contributed by atoms with Crippen molar-refractivity contribution in [2.24, 2.45) is 5.92 Å². The monoisotopic (exact) mass is 479 g/mol. The SMILES string of the molecule is CCOC(=O)N1CCN(Cc2ccc(OCC3CCCN(C(=O)c4ccc(C)cc4)C3)cc2)CC1. The number of aryl methyl sites for hydroxylation is 1. The summed E-state index contributed by atoms with van der Waals surface area (Å²) in [6.45, 7) is 10.4. The van der Waals surface area contributed by atoms with Gasteiger partial charge in [-0.25, -0.2) is 4.79 Å². The van der Waals surface area contributed by atoms with Crippen molar-refractivity contribution in [3.8, 4) is 5.75 Å². The van der Waals surface area contributed by atoms with Gasteiger partial charge in [-0.15, -0.1) is 0 Å². The molecule has 2 aromatic carbocycles. The number of carbonyl (C=O) groups is 2. The molecule has 7 nitrogen and oxygen atoms in total. The minimum absolute atomic E-state index is 0.113. The Morgan fingerprint density at radius 2 is 1.63 bits per heavy atom. The second-order valence-corrected chi connectivity index (χ2v) is 9.54. The molecule has 2 amide bonds. The average molecular weight is 480 g/mol. The number of nitrogens with zero attached hydrogens (tertiary/aromatic N) is 3. The van der Waals surface area contributed by atoms with Crippen LogP contribution in [0.4, 0.5) is 4.79 Å². The van der Waals surface area contributed by atoms with Gasteiger partial charge in [0.2, 0.25) is 0 Å². The molecule has 0 N–H and O–H groups in total. The van der Waals surface area contributed by atoms with Crippen LogP contribution in [0.15, 0.2) is 48.5 Å². The number of hydrogen-bond donors (Lipinski definition) is 0. The number of rotatable bonds is 7. The zero-order valence-corrected chi connectivity index (χ0v) is 20.9. The lowest BCUT2D eigenvalue weighted by Gasteiger charge is -2.34. The predicted octanol–water partition coefficient (Wildman–Crippen LogP) is 4.20. The minimum Gasteiger partial charge on any atom is -0.493 e. The third-order valence-corrected chi connectivity index (χ3v) is 6.82. The summed E-state index contributed by atoms with van der Waals surface area (Å²) in [5.41, 5.74) is 3.15. The van der Waals surface area contributed by atoms with E-state index in [1.165, 1.54) is 5.56 Å². The molecule has 0 aliphatic carbocycles. The van der Waals surface area contributed by atoms with Crippen molar-refractivity contribution in [2.45, 2.75) is 33.2 Å². The topological polar surface area (TPSA) is 62.3 Å². The summed E-state index contributed by atoms with van der Waals surface area (Å²) in [4.78, 5) is 30.8. The Hall–Kier alpha value is -3.06. The van der Waals surface area contributed by atoms with Gasteiger partial charge in [-0.2, -0.15) is 0 Å². The molecule has 2 aliphatic rings. The molecule has 0 aromatic heterocycles. The van der Waals surface area contributed by atoms with Gasteiger partial charge in [0.1, 0.15) is 5.75 Å². The fraction of sp³-hybridized carbons (Fsp3) is 0.500. The lowest BCUT2D eigenvalue weighted by molar-refractivity contribution is 0.0633. The summed E-state index contributed by atoms with van der Waals surface area (Å²) in [5.74, 6) is 1.32. The van der Waals surface area contributed by atoms with Gasteiger partial charge in [-0.1, -0.05) is 29.8 Å². The van der Waals surface area contributed by atoms with Crippen LogP contribution in [0.25, 0.3) is 0 Å². The zero-order chi connectivity index (χ0) is 24.6. The molecule has 2 saturated heterocycles. The van der Waals surface area contributed by atoms with Crippen molar-refractivity contribution in [1.82, 2.24) is 14.7 Å². The van der Waals surface area contributed by atoms with Gasteiger partial charge < -0.3 is 19.3 Å². The summed E-state index contributed by atoms with van der Waals surface area (Å²) >= 11 is 0. The Balaban J connectivity index is 1.21. The standard InChI is InChI=1S/C28H37N3O4/c1-3-34-28(33)30-17-15-29(16-18-30)19-23-8-12-26(13-9-23)35-21-24-5-4-14-31(20-24)27(32)25-10-6-22(2)7-11-25/h6-13,24H,3-5,14-21H2,1-2H3. The van der Waals surface area contributed by atoms with Gasteiger partial charge in [-0.05, 0) is 56.5 Å². The van der Waals surface area contributed by atoms with E-state index in [0.29, 0.717) is 32.2 Å². The van der Waals surface area contributed by atoms with Crippen molar-refractivity contribution in [3.63, 3.8) is 0 Å². The number of ether oxygens (including phenoxy) is 2. The molecule has 2 heterocycles. The highest BCUT2D eigenvalue weighted by Crippen LogP contribution is 2.21. The minimum atomic E-state index is -0.214. The third-order valence-electron chi connectivity index (χ3n) is 6.82. The first-order valence-electron chi connectivity index (χ1n) is 12.7. The fourth-order valence-corrected chi connectivity index (χ4v) is 4.73. The Bertz CT molecular complexity index is 969. The molecule has 0 radical (unpaired) electrons. The number of piperazine rings is 1. The van der Waals surface area contributed by atoms with Gasteiger partial charge in [0, 0.05) is 57.3 Å². The first-order chi connectivity index (χ1) is 17.0. The molecule has 2 aromatic rings. The molecule has 1 atom stereocenters. The van der Waals surface area contributed by atoms with E-state index in [1.54, 1.807) is 4.90 Å². The third kappa shape index (κ3) is 6.98. The molecule has 2 aliphatic heterocycles. The molecule has 188 valence electrons. The van der Waals surface area contributed by atoms with Gasteiger partial charge in [0.15, 0.2) is 0 Å². The van der Waals surface area contributed by atoms with Crippen molar-refractivity contribution in [3.05, 3.63) is 65.2 Å². The highest BCUT2D eigenvalue weighted by Gasteiger charge is 2.25. The average Bonchev–Trinajstić information content (AvgIpc) is 2.89. The summed E-state index contributed by atoms with van der Waals surface area (Å²) < 4.78 is 11.2. The first kappa shape index (κ1) is 25.0. The molecule has 7 heteroatoms. The summed E-state index contributed by atoms with van der Waals surface area (Å²) in [6.07, 6.45) is 1.87. The van der Waals surface area contributed by atoms with Crippen LogP contribution in [0, 0.1) is 12.8 Å². The number of hydrogen-bond acceptors (Lipinski definition) is 5. The van der Waals surface area contributed by atoms with Crippen LogP contribution in [-0.2, 0) is 11.3 Å². The molecule has 0 spiro atoms. The van der Waals surface area contributed by atoms with Gasteiger partial charge in [0.05, 0.1) is 13.2 Å². The Morgan fingerprint density at radius 1 is 0.914 bits per heavy atom. The van der Waals surface area contributed by atoms with Gasteiger partial charge in [-0.3, -0.25) is 9.69 Å². The van der Waals surface area contributed by atoms with E-state index in [-0.39, 0.29) is 12.0 Å². The zero-order valence-electron chi connectivity index (χ0n) is 20.9. The van der Waals surface area contributed by atoms with Crippen LogP contribution >= 0.6 is 0 Å². The number of carbonyl (C=O) groups excluding carboxylic acids is 2. The molecule has 0 saturated carbocycles. The molecular weight excluding hydrogens is 442 g/mol. The summed E-state index contributed by atoms with van der Waals surface area (Å²) in [6, 6.07) is 16.1. The predicted molar refractivity (Wildman–Crippen MR) is 136 cm³/mol. The maximum absolute atomic E-state index is 12.9. The fourth-order valence-electron chi connectivity index (χ4n) is 4.73. The van der Waals surface area contributed by atoms with E-state index in [1.807, 2.05) is 55.1 Å². The number of amides is 2.